The van der Waals surface area contributed by atoms with Gasteiger partial charge in [-0.2, -0.15) is 0 Å². The van der Waals surface area contributed by atoms with Crippen molar-refractivity contribution in [3.05, 3.63) is 45.8 Å². The molecular formula is C12H13N3S2. The first-order valence-corrected chi connectivity index (χ1v) is 6.49. The van der Waals surface area contributed by atoms with E-state index in [1.165, 1.54) is 4.88 Å². The van der Waals surface area contributed by atoms with Gasteiger partial charge in [0.1, 0.15) is 10.8 Å². The Bertz CT molecular complexity index is 521. The number of pyridine rings is 1. The Kier molecular flexibility index (Phi) is 3.71. The summed E-state index contributed by atoms with van der Waals surface area (Å²) in [5, 5.41) is 5.32. The summed E-state index contributed by atoms with van der Waals surface area (Å²) in [5.74, 6) is 0.755. The number of thiocarbonyl (C=S) groups is 1. The van der Waals surface area contributed by atoms with E-state index in [1.54, 1.807) is 17.5 Å². The average molecular weight is 263 g/mol. The first-order valence-electron chi connectivity index (χ1n) is 5.20. The first kappa shape index (κ1) is 12.0. The number of rotatable bonds is 4. The van der Waals surface area contributed by atoms with Crippen molar-refractivity contribution in [3.8, 4) is 0 Å². The zero-order valence-electron chi connectivity index (χ0n) is 9.43. The van der Waals surface area contributed by atoms with Gasteiger partial charge >= 0.3 is 0 Å². The van der Waals surface area contributed by atoms with Gasteiger partial charge in [0.2, 0.25) is 0 Å². The molecule has 2 aromatic rings. The smallest absolute Gasteiger partial charge is 0.136 e. The molecule has 0 spiro atoms. The zero-order valence-corrected chi connectivity index (χ0v) is 11.1. The van der Waals surface area contributed by atoms with E-state index in [-0.39, 0.29) is 0 Å². The lowest BCUT2D eigenvalue weighted by molar-refractivity contribution is 1.13. The predicted octanol–water partition coefficient (Wildman–Crippen LogP) is 2.70. The fourth-order valence-electron chi connectivity index (χ4n) is 1.59. The highest BCUT2D eigenvalue weighted by Gasteiger charge is 2.09. The maximum atomic E-state index is 5.72. The van der Waals surface area contributed by atoms with E-state index in [0.717, 1.165) is 23.5 Å². The second kappa shape index (κ2) is 5.25. The molecule has 5 heteroatoms. The summed E-state index contributed by atoms with van der Waals surface area (Å²) >= 11 is 6.76. The van der Waals surface area contributed by atoms with Crippen LogP contribution in [0.15, 0.2) is 29.8 Å². The Morgan fingerprint density at radius 1 is 1.53 bits per heavy atom. The van der Waals surface area contributed by atoms with Gasteiger partial charge in [0, 0.05) is 11.1 Å². The Hall–Kier alpha value is -1.46. The van der Waals surface area contributed by atoms with E-state index in [1.807, 2.05) is 19.1 Å². The summed E-state index contributed by atoms with van der Waals surface area (Å²) in [6, 6.07) is 6.01. The lowest BCUT2D eigenvalue weighted by Crippen LogP contribution is -2.15. The number of aryl methyl sites for hydroxylation is 1. The number of hydrogen-bond donors (Lipinski definition) is 2. The van der Waals surface area contributed by atoms with E-state index in [9.17, 15) is 0 Å². The molecule has 3 nitrogen and oxygen atoms in total. The minimum atomic E-state index is 0.379. The van der Waals surface area contributed by atoms with Gasteiger partial charge in [-0.05, 0) is 30.0 Å². The maximum absolute atomic E-state index is 5.72. The normalized spacial score (nSPS) is 10.2. The molecule has 2 rings (SSSR count). The van der Waals surface area contributed by atoms with Crippen LogP contribution in [0, 0.1) is 6.92 Å². The Morgan fingerprint density at radius 2 is 2.35 bits per heavy atom. The van der Waals surface area contributed by atoms with Crippen molar-refractivity contribution in [2.45, 2.75) is 13.5 Å². The molecule has 0 unspecified atom stereocenters. The average Bonchev–Trinajstić information content (AvgIpc) is 2.78. The van der Waals surface area contributed by atoms with E-state index in [4.69, 9.17) is 18.0 Å². The zero-order chi connectivity index (χ0) is 12.3. The van der Waals surface area contributed by atoms with Gasteiger partial charge in [0.25, 0.3) is 0 Å². The number of aromatic nitrogens is 1. The fraction of sp³-hybridized carbons (Fsp3) is 0.167. The summed E-state index contributed by atoms with van der Waals surface area (Å²) in [4.78, 5) is 5.92. The summed E-state index contributed by atoms with van der Waals surface area (Å²) in [6.07, 6.45) is 1.76. The van der Waals surface area contributed by atoms with Crippen LogP contribution in [-0.2, 0) is 6.54 Å². The molecule has 0 fully saturated rings. The molecule has 2 aromatic heterocycles. The second-order valence-electron chi connectivity index (χ2n) is 3.65. The molecular weight excluding hydrogens is 250 g/mol. The number of nitrogens with two attached hydrogens (primary N) is 1. The third-order valence-electron chi connectivity index (χ3n) is 2.42. The molecule has 0 aliphatic carbocycles. The van der Waals surface area contributed by atoms with Crippen LogP contribution >= 0.6 is 23.6 Å². The van der Waals surface area contributed by atoms with Crippen LogP contribution in [0.5, 0.6) is 0 Å². The molecule has 0 bridgehead atoms. The number of hydrogen-bond acceptors (Lipinski definition) is 4. The van der Waals surface area contributed by atoms with Crippen LogP contribution in [0.25, 0.3) is 0 Å². The van der Waals surface area contributed by atoms with Crippen molar-refractivity contribution < 1.29 is 0 Å². The van der Waals surface area contributed by atoms with E-state index in [0.29, 0.717) is 4.99 Å². The molecule has 0 saturated heterocycles. The highest BCUT2D eigenvalue weighted by molar-refractivity contribution is 7.80. The van der Waals surface area contributed by atoms with Gasteiger partial charge < -0.3 is 11.1 Å². The molecule has 0 aromatic carbocycles. The minimum absolute atomic E-state index is 0.379. The van der Waals surface area contributed by atoms with Crippen LogP contribution in [0.4, 0.5) is 5.82 Å². The van der Waals surface area contributed by atoms with Gasteiger partial charge in [0.15, 0.2) is 0 Å². The molecule has 0 saturated carbocycles. The number of anilines is 1. The number of nitrogens with one attached hydrogen (secondary N) is 1. The molecule has 2 heterocycles. The monoisotopic (exact) mass is 263 g/mol. The largest absolute Gasteiger partial charge is 0.389 e. The SMILES string of the molecule is Cc1ccnc(NCc2cccs2)c1C(N)=S. The molecule has 0 aliphatic heterocycles. The molecule has 17 heavy (non-hydrogen) atoms. The van der Waals surface area contributed by atoms with Crippen molar-refractivity contribution in [2.75, 3.05) is 5.32 Å². The number of thiophene rings is 1. The van der Waals surface area contributed by atoms with Crippen LogP contribution in [-0.4, -0.2) is 9.97 Å². The molecule has 0 radical (unpaired) electrons. The van der Waals surface area contributed by atoms with Crippen molar-refractivity contribution in [3.63, 3.8) is 0 Å². The lowest BCUT2D eigenvalue weighted by Gasteiger charge is -2.11. The van der Waals surface area contributed by atoms with Gasteiger partial charge in [-0.25, -0.2) is 4.98 Å². The third kappa shape index (κ3) is 2.81. The summed E-state index contributed by atoms with van der Waals surface area (Å²) < 4.78 is 0. The van der Waals surface area contributed by atoms with Crippen LogP contribution in [0.3, 0.4) is 0 Å². The first-order chi connectivity index (χ1) is 8.18. The van der Waals surface area contributed by atoms with Crippen molar-refractivity contribution in [1.82, 2.24) is 4.98 Å². The van der Waals surface area contributed by atoms with Crippen molar-refractivity contribution >= 4 is 34.4 Å². The van der Waals surface area contributed by atoms with Gasteiger partial charge in [0.05, 0.1) is 12.1 Å². The van der Waals surface area contributed by atoms with E-state index in [2.05, 4.69) is 21.7 Å². The maximum Gasteiger partial charge on any atom is 0.136 e. The lowest BCUT2D eigenvalue weighted by atomic mass is 10.1. The third-order valence-corrected chi connectivity index (χ3v) is 3.50. The molecule has 3 N–H and O–H groups in total. The Balaban J connectivity index is 2.21. The van der Waals surface area contributed by atoms with Crippen molar-refractivity contribution in [1.29, 1.82) is 0 Å². The summed E-state index contributed by atoms with van der Waals surface area (Å²) in [5.41, 5.74) is 7.59. The highest BCUT2D eigenvalue weighted by Crippen LogP contribution is 2.18. The van der Waals surface area contributed by atoms with Gasteiger partial charge in [-0.3, -0.25) is 0 Å². The van der Waals surface area contributed by atoms with Crippen molar-refractivity contribution in [2.24, 2.45) is 5.73 Å². The standard InChI is InChI=1S/C12H13N3S2/c1-8-4-5-14-12(10(8)11(13)16)15-7-9-3-2-6-17-9/h2-6H,7H2,1H3,(H2,13,16)(H,14,15). The van der Waals surface area contributed by atoms with Crippen LogP contribution in [0.2, 0.25) is 0 Å². The molecule has 0 atom stereocenters. The van der Waals surface area contributed by atoms with E-state index < -0.39 is 0 Å². The summed E-state index contributed by atoms with van der Waals surface area (Å²) in [7, 11) is 0. The van der Waals surface area contributed by atoms with Gasteiger partial charge in [-0.15, -0.1) is 11.3 Å². The number of nitrogens with zero attached hydrogens (tertiary/aromatic N) is 1. The van der Waals surface area contributed by atoms with Crippen LogP contribution in [0.1, 0.15) is 16.0 Å². The molecule has 88 valence electrons. The Morgan fingerprint density at radius 3 is 3.00 bits per heavy atom. The van der Waals surface area contributed by atoms with Crippen LogP contribution < -0.4 is 11.1 Å². The predicted molar refractivity (Wildman–Crippen MR) is 76.5 cm³/mol. The highest BCUT2D eigenvalue weighted by atomic mass is 32.1. The Labute approximate surface area is 110 Å². The van der Waals surface area contributed by atoms with Gasteiger partial charge in [-0.1, -0.05) is 18.3 Å². The molecule has 0 amide bonds. The molecule has 0 aliphatic rings. The fourth-order valence-corrected chi connectivity index (χ4v) is 2.49. The topological polar surface area (TPSA) is 50.9 Å². The van der Waals surface area contributed by atoms with E-state index >= 15 is 0 Å². The minimum Gasteiger partial charge on any atom is -0.389 e. The summed E-state index contributed by atoms with van der Waals surface area (Å²) in [6.45, 7) is 2.72. The quantitative estimate of drug-likeness (QED) is 0.833. The second-order valence-corrected chi connectivity index (χ2v) is 5.12.